The Hall–Kier alpha value is -2.44. The van der Waals surface area contributed by atoms with Gasteiger partial charge in [-0.25, -0.2) is 0 Å². The highest BCUT2D eigenvalue weighted by Crippen LogP contribution is 2.14. The molecule has 2 rings (SSSR count). The van der Waals surface area contributed by atoms with Gasteiger partial charge in [0.2, 0.25) is 0 Å². The lowest BCUT2D eigenvalue weighted by Gasteiger charge is -2.19. The molecule has 0 saturated heterocycles. The number of carbonyl (C=O) groups is 2. The number of aromatic nitrogens is 3. The van der Waals surface area contributed by atoms with Crippen molar-refractivity contribution >= 4 is 22.9 Å². The fourth-order valence-electron chi connectivity index (χ4n) is 1.46. The van der Waals surface area contributed by atoms with Crippen LogP contribution in [0.5, 0.6) is 0 Å². The van der Waals surface area contributed by atoms with Crippen molar-refractivity contribution in [3.05, 3.63) is 23.8 Å². The van der Waals surface area contributed by atoms with Gasteiger partial charge in [0.1, 0.15) is 11.0 Å². The molecule has 1 aromatic carbocycles. The summed E-state index contributed by atoms with van der Waals surface area (Å²) < 4.78 is 0. The van der Waals surface area contributed by atoms with Crippen LogP contribution in [0.1, 0.15) is 24.2 Å². The topological polar surface area (TPSA) is 108 Å². The smallest absolute Gasteiger partial charge is 0.310 e. The normalized spacial score (nSPS) is 11.5. The van der Waals surface area contributed by atoms with Gasteiger partial charge >= 0.3 is 5.97 Å². The summed E-state index contributed by atoms with van der Waals surface area (Å²) in [5.74, 6) is -1.29. The zero-order chi connectivity index (χ0) is 14.0. The number of carbonyl (C=O) groups excluding carboxylic acids is 1. The van der Waals surface area contributed by atoms with Crippen LogP contribution in [0, 0.1) is 5.41 Å². The quantitative estimate of drug-likeness (QED) is 0.755. The first-order valence-electron chi connectivity index (χ1n) is 5.72. The molecule has 0 aliphatic rings. The van der Waals surface area contributed by atoms with Crippen LogP contribution in [0.4, 0.5) is 0 Å². The minimum atomic E-state index is -1.01. The Balaban J connectivity index is 2.09. The minimum Gasteiger partial charge on any atom is -0.481 e. The molecule has 2 aromatic rings. The number of nitrogens with one attached hydrogen (secondary N) is 2. The highest BCUT2D eigenvalue weighted by atomic mass is 16.4. The van der Waals surface area contributed by atoms with E-state index in [-0.39, 0.29) is 12.5 Å². The number of hydrogen-bond acceptors (Lipinski definition) is 4. The number of aromatic amines is 1. The van der Waals surface area contributed by atoms with Crippen LogP contribution in [0.25, 0.3) is 11.0 Å². The molecule has 0 atom stereocenters. The highest BCUT2D eigenvalue weighted by Gasteiger charge is 2.27. The van der Waals surface area contributed by atoms with E-state index in [1.54, 1.807) is 32.0 Å². The van der Waals surface area contributed by atoms with E-state index in [4.69, 9.17) is 5.11 Å². The summed E-state index contributed by atoms with van der Waals surface area (Å²) in [4.78, 5) is 22.9. The monoisotopic (exact) mass is 262 g/mol. The summed E-state index contributed by atoms with van der Waals surface area (Å²) in [6.07, 6.45) is 0. The van der Waals surface area contributed by atoms with E-state index < -0.39 is 11.4 Å². The first-order chi connectivity index (χ1) is 8.90. The lowest BCUT2D eigenvalue weighted by Crippen LogP contribution is -2.38. The first-order valence-corrected chi connectivity index (χ1v) is 5.72. The number of carboxylic acid groups (broad SMARTS) is 1. The maximum absolute atomic E-state index is 11.9. The molecule has 0 spiro atoms. The Morgan fingerprint density at radius 2 is 2.00 bits per heavy atom. The van der Waals surface area contributed by atoms with Crippen LogP contribution in [-0.2, 0) is 4.79 Å². The summed E-state index contributed by atoms with van der Waals surface area (Å²) >= 11 is 0. The average molecular weight is 262 g/mol. The Kier molecular flexibility index (Phi) is 3.20. The van der Waals surface area contributed by atoms with Crippen molar-refractivity contribution in [2.45, 2.75) is 13.8 Å². The van der Waals surface area contributed by atoms with Gasteiger partial charge in [0, 0.05) is 12.1 Å². The second kappa shape index (κ2) is 4.68. The molecule has 7 nitrogen and oxygen atoms in total. The minimum absolute atomic E-state index is 0.0536. The van der Waals surface area contributed by atoms with Crippen molar-refractivity contribution in [2.24, 2.45) is 5.41 Å². The van der Waals surface area contributed by atoms with E-state index in [1.807, 2.05) is 0 Å². The fraction of sp³-hybridized carbons (Fsp3) is 0.333. The predicted molar refractivity (Wildman–Crippen MR) is 67.6 cm³/mol. The average Bonchev–Trinajstić information content (AvgIpc) is 2.82. The lowest BCUT2D eigenvalue weighted by atomic mass is 9.94. The van der Waals surface area contributed by atoms with Crippen molar-refractivity contribution in [3.8, 4) is 0 Å². The van der Waals surface area contributed by atoms with Gasteiger partial charge in [-0.1, -0.05) is 0 Å². The van der Waals surface area contributed by atoms with Gasteiger partial charge in [0.15, 0.2) is 0 Å². The van der Waals surface area contributed by atoms with E-state index in [9.17, 15) is 9.59 Å². The second-order valence-electron chi connectivity index (χ2n) is 4.90. The van der Waals surface area contributed by atoms with E-state index in [0.717, 1.165) is 0 Å². The van der Waals surface area contributed by atoms with Gasteiger partial charge in [0.05, 0.1) is 5.41 Å². The Morgan fingerprint density at radius 1 is 1.32 bits per heavy atom. The number of amides is 1. The van der Waals surface area contributed by atoms with E-state index in [0.29, 0.717) is 16.6 Å². The SMILES string of the molecule is CC(C)(CNC(=O)c1ccc2n[nH]nc2c1)C(=O)O. The summed E-state index contributed by atoms with van der Waals surface area (Å²) in [6.45, 7) is 3.16. The number of rotatable bonds is 4. The van der Waals surface area contributed by atoms with E-state index >= 15 is 0 Å². The van der Waals surface area contributed by atoms with Crippen LogP contribution >= 0.6 is 0 Å². The first kappa shape index (κ1) is 13.0. The van der Waals surface area contributed by atoms with Crippen molar-refractivity contribution in [2.75, 3.05) is 6.54 Å². The Labute approximate surface area is 109 Å². The molecule has 0 unspecified atom stereocenters. The number of benzene rings is 1. The summed E-state index contributed by atoms with van der Waals surface area (Å²) in [6, 6.07) is 4.89. The lowest BCUT2D eigenvalue weighted by molar-refractivity contribution is -0.146. The third-order valence-electron chi connectivity index (χ3n) is 2.85. The summed E-state index contributed by atoms with van der Waals surface area (Å²) in [5.41, 5.74) is 0.670. The molecule has 1 heterocycles. The van der Waals surface area contributed by atoms with Gasteiger partial charge in [-0.3, -0.25) is 9.59 Å². The molecule has 0 aliphatic carbocycles. The van der Waals surface area contributed by atoms with Crippen LogP contribution < -0.4 is 5.32 Å². The molecule has 0 fully saturated rings. The standard InChI is InChI=1S/C12H14N4O3/c1-12(2,11(18)19)6-13-10(17)7-3-4-8-9(5-7)15-16-14-8/h3-5H,6H2,1-2H3,(H,13,17)(H,18,19)(H,14,15,16). The molecule has 7 heteroatoms. The number of hydrogen-bond donors (Lipinski definition) is 3. The number of aliphatic carboxylic acids is 1. The molecule has 3 N–H and O–H groups in total. The molecule has 0 bridgehead atoms. The number of fused-ring (bicyclic) bond motifs is 1. The van der Waals surface area contributed by atoms with Crippen LogP contribution in [0.2, 0.25) is 0 Å². The largest absolute Gasteiger partial charge is 0.481 e. The molecule has 0 aliphatic heterocycles. The maximum atomic E-state index is 11.9. The number of nitrogens with zero attached hydrogens (tertiary/aromatic N) is 2. The summed E-state index contributed by atoms with van der Waals surface area (Å²) in [5, 5.41) is 21.8. The van der Waals surface area contributed by atoms with Crippen LogP contribution in [0.3, 0.4) is 0 Å². The van der Waals surface area contributed by atoms with E-state index in [2.05, 4.69) is 20.7 Å². The van der Waals surface area contributed by atoms with Gasteiger partial charge in [0.25, 0.3) is 5.91 Å². The van der Waals surface area contributed by atoms with Gasteiger partial charge in [-0.2, -0.15) is 15.4 Å². The van der Waals surface area contributed by atoms with Crippen LogP contribution in [0.15, 0.2) is 18.2 Å². The molecular weight excluding hydrogens is 248 g/mol. The highest BCUT2D eigenvalue weighted by molar-refractivity contribution is 5.97. The Morgan fingerprint density at radius 3 is 2.68 bits per heavy atom. The maximum Gasteiger partial charge on any atom is 0.310 e. The van der Waals surface area contributed by atoms with Crippen molar-refractivity contribution in [1.29, 1.82) is 0 Å². The second-order valence-corrected chi connectivity index (χ2v) is 4.90. The van der Waals surface area contributed by atoms with Crippen molar-refractivity contribution in [3.63, 3.8) is 0 Å². The van der Waals surface area contributed by atoms with Crippen LogP contribution in [-0.4, -0.2) is 38.9 Å². The zero-order valence-corrected chi connectivity index (χ0v) is 10.6. The molecule has 1 amide bonds. The fourth-order valence-corrected chi connectivity index (χ4v) is 1.46. The van der Waals surface area contributed by atoms with Gasteiger partial charge in [-0.05, 0) is 32.0 Å². The molecule has 100 valence electrons. The molecular formula is C12H14N4O3. The number of carboxylic acids is 1. The predicted octanol–water partition coefficient (Wildman–Crippen LogP) is 0.798. The molecule has 19 heavy (non-hydrogen) atoms. The van der Waals surface area contributed by atoms with Crippen molar-refractivity contribution < 1.29 is 14.7 Å². The van der Waals surface area contributed by atoms with Crippen molar-refractivity contribution in [1.82, 2.24) is 20.7 Å². The Bertz CT molecular complexity index is 633. The third kappa shape index (κ3) is 2.70. The third-order valence-corrected chi connectivity index (χ3v) is 2.85. The number of H-pyrrole nitrogens is 1. The molecule has 1 aromatic heterocycles. The zero-order valence-electron chi connectivity index (χ0n) is 10.6. The van der Waals surface area contributed by atoms with E-state index in [1.165, 1.54) is 0 Å². The van der Waals surface area contributed by atoms with Gasteiger partial charge in [-0.15, -0.1) is 0 Å². The van der Waals surface area contributed by atoms with Gasteiger partial charge < -0.3 is 10.4 Å². The molecule has 0 saturated carbocycles. The molecule has 0 radical (unpaired) electrons. The summed E-state index contributed by atoms with van der Waals surface area (Å²) in [7, 11) is 0.